The minimum absolute atomic E-state index is 0.197. The summed E-state index contributed by atoms with van der Waals surface area (Å²) in [5.74, 6) is 0.479. The molecule has 0 amide bonds. The number of benzene rings is 3. The monoisotopic (exact) mass is 455 g/mol. The van der Waals surface area contributed by atoms with Gasteiger partial charge in [-0.3, -0.25) is 0 Å². The number of hydrogen-bond donors (Lipinski definition) is 0. The van der Waals surface area contributed by atoms with Crippen LogP contribution in [-0.2, 0) is 9.53 Å². The first-order chi connectivity index (χ1) is 16.5. The third-order valence-corrected chi connectivity index (χ3v) is 5.14. The summed E-state index contributed by atoms with van der Waals surface area (Å²) in [5.41, 5.74) is 3.09. The second-order valence-corrected chi connectivity index (χ2v) is 7.89. The number of carbonyl (C=O) groups excluding carboxylic acids is 2. The minimum atomic E-state index is -0.520. The first-order valence-electron chi connectivity index (χ1n) is 11.2. The molecule has 0 saturated heterocycles. The number of hydrogen-bond acceptors (Lipinski definition) is 6. The number of cyclic esters (lactones) is 1. The van der Waals surface area contributed by atoms with E-state index < -0.39 is 11.9 Å². The molecule has 0 unspecified atom stereocenters. The fourth-order valence-corrected chi connectivity index (χ4v) is 3.29. The Labute approximate surface area is 198 Å². The van der Waals surface area contributed by atoms with E-state index in [0.29, 0.717) is 23.5 Å². The van der Waals surface area contributed by atoms with E-state index in [1.54, 1.807) is 42.5 Å². The van der Waals surface area contributed by atoms with Crippen molar-refractivity contribution in [1.82, 2.24) is 0 Å². The first-order valence-corrected chi connectivity index (χ1v) is 11.2. The van der Waals surface area contributed by atoms with Gasteiger partial charge in [-0.2, -0.15) is 0 Å². The van der Waals surface area contributed by atoms with Gasteiger partial charge in [-0.15, -0.1) is 0 Å². The number of aryl methyl sites for hydroxylation is 1. The molecule has 0 radical (unpaired) electrons. The van der Waals surface area contributed by atoms with E-state index in [0.717, 1.165) is 29.7 Å². The van der Waals surface area contributed by atoms with Crippen LogP contribution in [0.1, 0.15) is 46.8 Å². The third-order valence-electron chi connectivity index (χ3n) is 5.14. The molecule has 0 fully saturated rings. The van der Waals surface area contributed by atoms with E-state index in [1.165, 1.54) is 0 Å². The highest BCUT2D eigenvalue weighted by molar-refractivity contribution is 6.12. The Morgan fingerprint density at radius 2 is 1.74 bits per heavy atom. The van der Waals surface area contributed by atoms with Gasteiger partial charge in [0.25, 0.3) is 0 Å². The number of carbonyl (C=O) groups is 2. The Kier molecular flexibility index (Phi) is 7.18. The summed E-state index contributed by atoms with van der Waals surface area (Å²) in [6.07, 6.45) is 3.70. The van der Waals surface area contributed by atoms with Gasteiger partial charge in [0.05, 0.1) is 12.2 Å². The highest BCUT2D eigenvalue weighted by Gasteiger charge is 2.24. The number of ether oxygens (including phenoxy) is 3. The van der Waals surface area contributed by atoms with Gasteiger partial charge in [0.15, 0.2) is 5.70 Å². The average molecular weight is 456 g/mol. The fraction of sp³-hybridized carbons (Fsp3) is 0.179. The molecule has 0 bridgehead atoms. The number of aliphatic imine (C=N–C) groups is 1. The van der Waals surface area contributed by atoms with E-state index >= 15 is 0 Å². The van der Waals surface area contributed by atoms with Crippen molar-refractivity contribution in [2.24, 2.45) is 4.99 Å². The van der Waals surface area contributed by atoms with Crippen LogP contribution >= 0.6 is 0 Å². The standard InChI is InChI=1S/C28H25NO5/c1-3-4-16-32-23-14-10-21(11-15-23)26-29-25(28(31)34-26)18-20-8-12-24(13-9-20)33-27(30)22-7-5-6-19(2)17-22/h5-15,17-18H,3-4,16H2,1-2H3/b25-18-. The molecule has 1 aliphatic heterocycles. The van der Waals surface area contributed by atoms with E-state index in [4.69, 9.17) is 14.2 Å². The molecule has 0 aliphatic carbocycles. The van der Waals surface area contributed by atoms with Crippen LogP contribution in [0, 0.1) is 6.92 Å². The Hall–Kier alpha value is -4.19. The topological polar surface area (TPSA) is 74.2 Å². The molecule has 34 heavy (non-hydrogen) atoms. The lowest BCUT2D eigenvalue weighted by atomic mass is 10.1. The number of rotatable bonds is 8. The second kappa shape index (κ2) is 10.6. The maximum absolute atomic E-state index is 12.3. The molecule has 0 spiro atoms. The second-order valence-electron chi connectivity index (χ2n) is 7.89. The lowest BCUT2D eigenvalue weighted by Gasteiger charge is -2.05. The Bertz CT molecular complexity index is 1240. The maximum Gasteiger partial charge on any atom is 0.363 e. The maximum atomic E-state index is 12.3. The van der Waals surface area contributed by atoms with Crippen LogP contribution in [0.4, 0.5) is 0 Å². The van der Waals surface area contributed by atoms with Crippen molar-refractivity contribution in [2.45, 2.75) is 26.7 Å². The van der Waals surface area contributed by atoms with Crippen LogP contribution in [0.3, 0.4) is 0 Å². The predicted molar refractivity (Wildman–Crippen MR) is 130 cm³/mol. The summed E-state index contributed by atoms with van der Waals surface area (Å²) in [4.78, 5) is 28.9. The van der Waals surface area contributed by atoms with Gasteiger partial charge in [0.1, 0.15) is 11.5 Å². The molecule has 172 valence electrons. The van der Waals surface area contributed by atoms with Gasteiger partial charge >= 0.3 is 11.9 Å². The Morgan fingerprint density at radius 3 is 2.44 bits per heavy atom. The SMILES string of the molecule is CCCCOc1ccc(C2=N/C(=C\c3ccc(OC(=O)c4cccc(C)c4)cc3)C(=O)O2)cc1. The van der Waals surface area contributed by atoms with Crippen molar-refractivity contribution >= 4 is 23.9 Å². The molecule has 4 rings (SSSR count). The summed E-state index contributed by atoms with van der Waals surface area (Å²) < 4.78 is 16.4. The molecule has 0 N–H and O–H groups in total. The zero-order valence-electron chi connectivity index (χ0n) is 19.1. The van der Waals surface area contributed by atoms with Crippen molar-refractivity contribution in [3.63, 3.8) is 0 Å². The highest BCUT2D eigenvalue weighted by Crippen LogP contribution is 2.22. The summed E-state index contributed by atoms with van der Waals surface area (Å²) in [6.45, 7) is 4.70. The Balaban J connectivity index is 1.42. The van der Waals surface area contributed by atoms with Crippen molar-refractivity contribution in [2.75, 3.05) is 6.61 Å². The summed E-state index contributed by atoms with van der Waals surface area (Å²) in [5, 5.41) is 0. The Morgan fingerprint density at radius 1 is 1.00 bits per heavy atom. The number of unbranched alkanes of at least 4 members (excludes halogenated alkanes) is 1. The summed E-state index contributed by atoms with van der Waals surface area (Å²) in [6, 6.07) is 21.3. The van der Waals surface area contributed by atoms with E-state index in [1.807, 2.05) is 43.3 Å². The van der Waals surface area contributed by atoms with Crippen LogP contribution in [-0.4, -0.2) is 24.4 Å². The van der Waals surface area contributed by atoms with Gasteiger partial charge in [-0.25, -0.2) is 14.6 Å². The van der Waals surface area contributed by atoms with Crippen molar-refractivity contribution in [3.8, 4) is 11.5 Å². The molecule has 0 atom stereocenters. The van der Waals surface area contributed by atoms with Crippen LogP contribution in [0.25, 0.3) is 6.08 Å². The van der Waals surface area contributed by atoms with E-state index in [2.05, 4.69) is 11.9 Å². The average Bonchev–Trinajstić information content (AvgIpc) is 3.21. The normalized spacial score (nSPS) is 14.0. The molecule has 3 aromatic carbocycles. The molecule has 0 saturated carbocycles. The predicted octanol–water partition coefficient (Wildman–Crippen LogP) is 5.74. The van der Waals surface area contributed by atoms with Gasteiger partial charge in [0, 0.05) is 5.56 Å². The molecule has 1 aliphatic rings. The van der Waals surface area contributed by atoms with Crippen LogP contribution in [0.15, 0.2) is 83.5 Å². The van der Waals surface area contributed by atoms with Crippen LogP contribution in [0.2, 0.25) is 0 Å². The number of esters is 2. The molecular formula is C28H25NO5. The minimum Gasteiger partial charge on any atom is -0.494 e. The first kappa shape index (κ1) is 23.0. The molecule has 6 heteroatoms. The van der Waals surface area contributed by atoms with Gasteiger partial charge in [-0.1, -0.05) is 43.2 Å². The zero-order chi connectivity index (χ0) is 23.9. The molecule has 3 aromatic rings. The molecule has 1 heterocycles. The van der Waals surface area contributed by atoms with Crippen LogP contribution in [0.5, 0.6) is 11.5 Å². The van der Waals surface area contributed by atoms with E-state index in [9.17, 15) is 9.59 Å². The van der Waals surface area contributed by atoms with Crippen LogP contribution < -0.4 is 9.47 Å². The van der Waals surface area contributed by atoms with Crippen molar-refractivity contribution in [1.29, 1.82) is 0 Å². The lowest BCUT2D eigenvalue weighted by Crippen LogP contribution is -2.08. The van der Waals surface area contributed by atoms with Crippen molar-refractivity contribution in [3.05, 3.63) is 101 Å². The fourth-order valence-electron chi connectivity index (χ4n) is 3.29. The van der Waals surface area contributed by atoms with Gasteiger partial charge in [-0.05, 0) is 73.5 Å². The summed E-state index contributed by atoms with van der Waals surface area (Å²) in [7, 11) is 0. The van der Waals surface area contributed by atoms with Crippen molar-refractivity contribution < 1.29 is 23.8 Å². The quantitative estimate of drug-likeness (QED) is 0.187. The molecular weight excluding hydrogens is 430 g/mol. The summed E-state index contributed by atoms with van der Waals surface area (Å²) >= 11 is 0. The van der Waals surface area contributed by atoms with E-state index in [-0.39, 0.29) is 11.6 Å². The molecule has 0 aromatic heterocycles. The lowest BCUT2D eigenvalue weighted by molar-refractivity contribution is -0.129. The highest BCUT2D eigenvalue weighted by atomic mass is 16.6. The zero-order valence-corrected chi connectivity index (χ0v) is 19.1. The third kappa shape index (κ3) is 5.78. The largest absolute Gasteiger partial charge is 0.494 e. The smallest absolute Gasteiger partial charge is 0.363 e. The molecule has 6 nitrogen and oxygen atoms in total. The van der Waals surface area contributed by atoms with Gasteiger partial charge < -0.3 is 14.2 Å². The van der Waals surface area contributed by atoms with Gasteiger partial charge in [0.2, 0.25) is 5.90 Å². The number of nitrogens with zero attached hydrogens (tertiary/aromatic N) is 1.